The van der Waals surface area contributed by atoms with Crippen molar-refractivity contribution in [3.05, 3.63) is 23.8 Å². The number of rotatable bonds is 11. The maximum Gasteiger partial charge on any atom is 0.509 e. The van der Waals surface area contributed by atoms with Crippen molar-refractivity contribution in [3.8, 4) is 0 Å². The minimum absolute atomic E-state index is 0.0882. The molecule has 0 spiro atoms. The molecular formula is C33H47ClO8. The van der Waals surface area contributed by atoms with Crippen LogP contribution in [0.25, 0.3) is 0 Å². The molecule has 42 heavy (non-hydrogen) atoms. The van der Waals surface area contributed by atoms with E-state index in [9.17, 15) is 24.3 Å². The zero-order valence-electron chi connectivity index (χ0n) is 25.7. The summed E-state index contributed by atoms with van der Waals surface area (Å²) in [6, 6.07) is 0. The number of hydrogen-bond donors (Lipinski definition) is 1. The Morgan fingerprint density at radius 3 is 2.48 bits per heavy atom. The van der Waals surface area contributed by atoms with Gasteiger partial charge in [-0.2, -0.15) is 0 Å². The zero-order valence-corrected chi connectivity index (χ0v) is 26.5. The molecule has 3 saturated carbocycles. The lowest BCUT2D eigenvalue weighted by molar-refractivity contribution is -0.187. The third-order valence-corrected chi connectivity index (χ3v) is 11.8. The van der Waals surface area contributed by atoms with E-state index in [1.54, 1.807) is 6.08 Å². The summed E-state index contributed by atoms with van der Waals surface area (Å²) in [5, 5.41) is 11.9. The largest absolute Gasteiger partial charge is 0.509 e. The number of ketones is 2. The summed E-state index contributed by atoms with van der Waals surface area (Å²) in [7, 11) is 0. The van der Waals surface area contributed by atoms with E-state index in [2.05, 4.69) is 0 Å². The van der Waals surface area contributed by atoms with Gasteiger partial charge >= 0.3 is 12.1 Å². The van der Waals surface area contributed by atoms with Gasteiger partial charge < -0.3 is 19.3 Å². The minimum atomic E-state index is -1.68. The van der Waals surface area contributed by atoms with Crippen molar-refractivity contribution in [1.29, 1.82) is 0 Å². The minimum Gasteiger partial charge on any atom is -0.457 e. The molecular weight excluding hydrogens is 560 g/mol. The summed E-state index contributed by atoms with van der Waals surface area (Å²) >= 11 is 7.55. The fraction of sp³-hybridized carbons (Fsp3) is 0.758. The molecule has 0 aliphatic heterocycles. The van der Waals surface area contributed by atoms with Gasteiger partial charge in [0.05, 0.1) is 17.6 Å². The molecule has 1 N–H and O–H groups in total. The smallest absolute Gasteiger partial charge is 0.457 e. The third kappa shape index (κ3) is 5.14. The highest BCUT2D eigenvalue weighted by Gasteiger charge is 2.76. The quantitative estimate of drug-likeness (QED) is 0.166. The highest BCUT2D eigenvalue weighted by atomic mass is 35.5. The molecule has 4 aliphatic carbocycles. The number of carbonyl (C=O) groups is 4. The maximum atomic E-state index is 14.2. The van der Waals surface area contributed by atoms with Gasteiger partial charge in [-0.1, -0.05) is 65.5 Å². The molecule has 3 fully saturated rings. The SMILES string of the molecule is CCCCCOC(=O)O[C@]1(C(=O)COC(=O)CCCC)[C@H](C)C[C@H]2[C@@H]3CCC4=CC(=O)C=C[C@]4(C)[C@@]3(Cl)C(O)C[C@@]21C. The molecule has 0 radical (unpaired) electrons. The summed E-state index contributed by atoms with van der Waals surface area (Å²) in [6.07, 6.45) is 9.03. The molecule has 0 aromatic carbocycles. The highest BCUT2D eigenvalue weighted by molar-refractivity contribution is 6.26. The van der Waals surface area contributed by atoms with E-state index < -0.39 is 57.8 Å². The molecule has 1 unspecified atom stereocenters. The van der Waals surface area contributed by atoms with Crippen molar-refractivity contribution >= 4 is 35.3 Å². The molecule has 0 bridgehead atoms. The van der Waals surface area contributed by atoms with Crippen molar-refractivity contribution in [2.75, 3.05) is 13.2 Å². The number of halogens is 1. The van der Waals surface area contributed by atoms with Gasteiger partial charge in [0.2, 0.25) is 5.78 Å². The van der Waals surface area contributed by atoms with Gasteiger partial charge in [-0.25, -0.2) is 4.79 Å². The molecule has 0 heterocycles. The van der Waals surface area contributed by atoms with E-state index in [1.165, 1.54) is 6.08 Å². The predicted molar refractivity (Wildman–Crippen MR) is 158 cm³/mol. The lowest BCUT2D eigenvalue weighted by atomic mass is 9.45. The Morgan fingerprint density at radius 2 is 1.79 bits per heavy atom. The first-order valence-electron chi connectivity index (χ1n) is 15.7. The number of ether oxygens (including phenoxy) is 3. The van der Waals surface area contributed by atoms with Crippen molar-refractivity contribution in [3.63, 3.8) is 0 Å². The normalized spacial score (nSPS) is 38.5. The Bertz CT molecular complexity index is 1150. The van der Waals surface area contributed by atoms with Crippen LogP contribution in [0.3, 0.4) is 0 Å². The van der Waals surface area contributed by atoms with Crippen LogP contribution in [0.15, 0.2) is 23.8 Å². The summed E-state index contributed by atoms with van der Waals surface area (Å²) in [6.45, 7) is 9.41. The van der Waals surface area contributed by atoms with Gasteiger partial charge in [-0.05, 0) is 62.5 Å². The van der Waals surface area contributed by atoms with Crippen LogP contribution in [-0.2, 0) is 28.6 Å². The molecule has 0 aromatic rings. The highest BCUT2D eigenvalue weighted by Crippen LogP contribution is 2.72. The summed E-state index contributed by atoms with van der Waals surface area (Å²) in [5.41, 5.74) is -2.53. The number of unbranched alkanes of at least 4 members (excludes halogenated alkanes) is 3. The Morgan fingerprint density at radius 1 is 1.07 bits per heavy atom. The number of aliphatic hydroxyl groups is 1. The molecule has 8 atom stereocenters. The first-order chi connectivity index (χ1) is 19.8. The second-order valence-corrected chi connectivity index (χ2v) is 13.9. The second kappa shape index (κ2) is 12.4. The summed E-state index contributed by atoms with van der Waals surface area (Å²) < 4.78 is 16.9. The number of Topliss-reactive ketones (excluding diaryl/α,β-unsaturated/α-hetero) is 1. The van der Waals surface area contributed by atoms with Crippen LogP contribution in [0.5, 0.6) is 0 Å². The van der Waals surface area contributed by atoms with Crippen LogP contribution in [0.4, 0.5) is 4.79 Å². The molecule has 8 nitrogen and oxygen atoms in total. The third-order valence-electron chi connectivity index (χ3n) is 10.9. The average Bonchev–Trinajstić information content (AvgIpc) is 3.16. The summed E-state index contributed by atoms with van der Waals surface area (Å²) in [4.78, 5) is 50.9. The fourth-order valence-electron chi connectivity index (χ4n) is 8.71. The maximum absolute atomic E-state index is 14.2. The van der Waals surface area contributed by atoms with Crippen LogP contribution in [0.2, 0.25) is 0 Å². The standard InChI is InChI=1S/C33H47ClO8/c1-6-8-10-16-40-29(39)42-33(27(37)20-41-28(38)11-9-7-2)21(3)17-25-24-13-12-22-18-23(35)14-15-30(22,4)32(24,34)26(36)19-31(25,33)5/h14-15,18,21,24-26,36H,6-13,16-17,19-20H2,1-5H3/t21-,24+,25+,26?,30+,31+,32+,33+/m1/s1. The molecule has 0 saturated heterocycles. The Hall–Kier alpha value is -2.19. The molecule has 4 rings (SSSR count). The first-order valence-corrected chi connectivity index (χ1v) is 16.1. The second-order valence-electron chi connectivity index (χ2n) is 13.2. The van der Waals surface area contributed by atoms with E-state index in [-0.39, 0.29) is 37.1 Å². The van der Waals surface area contributed by atoms with Gasteiger partial charge in [0.1, 0.15) is 0 Å². The van der Waals surface area contributed by atoms with E-state index in [1.807, 2.05) is 40.7 Å². The lowest BCUT2D eigenvalue weighted by Crippen LogP contribution is -2.69. The van der Waals surface area contributed by atoms with Crippen LogP contribution in [-0.4, -0.2) is 58.6 Å². The van der Waals surface area contributed by atoms with Crippen molar-refractivity contribution < 1.29 is 38.5 Å². The number of fused-ring (bicyclic) bond motifs is 5. The summed E-state index contributed by atoms with van der Waals surface area (Å²) in [5.74, 6) is -1.94. The van der Waals surface area contributed by atoms with E-state index in [0.29, 0.717) is 32.1 Å². The lowest BCUT2D eigenvalue weighted by Gasteiger charge is -2.64. The van der Waals surface area contributed by atoms with Crippen LogP contribution in [0, 0.1) is 28.6 Å². The van der Waals surface area contributed by atoms with E-state index >= 15 is 0 Å². The average molecular weight is 607 g/mol. The molecule has 4 aliphatic rings. The topological polar surface area (TPSA) is 116 Å². The van der Waals surface area contributed by atoms with Crippen molar-refractivity contribution in [2.24, 2.45) is 28.6 Å². The van der Waals surface area contributed by atoms with E-state index in [0.717, 1.165) is 24.8 Å². The Labute approximate surface area is 254 Å². The number of allylic oxidation sites excluding steroid dienone is 4. The van der Waals surface area contributed by atoms with Crippen LogP contribution < -0.4 is 0 Å². The zero-order chi connectivity index (χ0) is 30.9. The monoisotopic (exact) mass is 606 g/mol. The number of esters is 1. The molecule has 0 amide bonds. The van der Waals surface area contributed by atoms with Crippen molar-refractivity contribution in [2.45, 2.75) is 115 Å². The first kappa shape index (κ1) is 32.7. The number of aliphatic hydroxyl groups excluding tert-OH is 1. The van der Waals surface area contributed by atoms with Gasteiger partial charge in [0, 0.05) is 23.2 Å². The van der Waals surface area contributed by atoms with E-state index in [4.69, 9.17) is 25.8 Å². The molecule has 0 aromatic heterocycles. The predicted octanol–water partition coefficient (Wildman–Crippen LogP) is 6.26. The number of carbonyl (C=O) groups excluding carboxylic acids is 4. The van der Waals surface area contributed by atoms with Crippen LogP contribution in [0.1, 0.15) is 98.8 Å². The van der Waals surface area contributed by atoms with Gasteiger partial charge in [-0.15, -0.1) is 11.6 Å². The number of alkyl halides is 1. The Kier molecular flexibility index (Phi) is 9.68. The molecule has 9 heteroatoms. The van der Waals surface area contributed by atoms with Gasteiger partial charge in [-0.3, -0.25) is 14.4 Å². The van der Waals surface area contributed by atoms with Crippen molar-refractivity contribution in [1.82, 2.24) is 0 Å². The number of hydrogen-bond acceptors (Lipinski definition) is 8. The van der Waals surface area contributed by atoms with Gasteiger partial charge in [0.15, 0.2) is 18.0 Å². The fourth-order valence-corrected chi connectivity index (χ4v) is 9.24. The van der Waals surface area contributed by atoms with Crippen LogP contribution >= 0.6 is 11.6 Å². The molecule has 234 valence electrons. The Balaban J connectivity index is 1.71. The van der Waals surface area contributed by atoms with Gasteiger partial charge in [0.25, 0.3) is 0 Å².